The molecule has 90 valence electrons. The quantitative estimate of drug-likeness (QED) is 0.825. The van der Waals surface area contributed by atoms with Gasteiger partial charge in [0.15, 0.2) is 0 Å². The molecule has 1 saturated carbocycles. The van der Waals surface area contributed by atoms with Crippen molar-refractivity contribution < 1.29 is 0 Å². The minimum Gasteiger partial charge on any atom is -0.321 e. The highest BCUT2D eigenvalue weighted by Crippen LogP contribution is 2.42. The van der Waals surface area contributed by atoms with Gasteiger partial charge in [-0.1, -0.05) is 13.8 Å². The Balaban J connectivity index is 2.06. The highest BCUT2D eigenvalue weighted by Gasteiger charge is 2.34. The molecule has 2 N–H and O–H groups in total. The lowest BCUT2D eigenvalue weighted by Crippen LogP contribution is -2.40. The van der Waals surface area contributed by atoms with Crippen molar-refractivity contribution >= 4 is 11.3 Å². The van der Waals surface area contributed by atoms with Gasteiger partial charge in [0.25, 0.3) is 0 Å². The van der Waals surface area contributed by atoms with Crippen LogP contribution in [0, 0.1) is 18.8 Å². The highest BCUT2D eigenvalue weighted by atomic mass is 32.1. The average molecular weight is 237 g/mol. The van der Waals surface area contributed by atoms with Gasteiger partial charge in [-0.05, 0) is 56.6 Å². The number of hydrogen-bond donors (Lipinski definition) is 1. The molecule has 0 unspecified atom stereocenters. The molecule has 0 aliphatic heterocycles. The summed E-state index contributed by atoms with van der Waals surface area (Å²) < 4.78 is 0. The Hall–Kier alpha value is -0.340. The van der Waals surface area contributed by atoms with Crippen molar-refractivity contribution in [3.63, 3.8) is 0 Å². The smallest absolute Gasteiger partial charge is 0.0504 e. The number of nitrogens with two attached hydrogens (primary N) is 1. The van der Waals surface area contributed by atoms with Crippen molar-refractivity contribution in [3.05, 3.63) is 21.9 Å². The third-order valence-electron chi connectivity index (χ3n) is 4.10. The van der Waals surface area contributed by atoms with E-state index in [0.717, 1.165) is 24.7 Å². The summed E-state index contributed by atoms with van der Waals surface area (Å²) in [5.41, 5.74) is 6.54. The summed E-state index contributed by atoms with van der Waals surface area (Å²) in [5, 5.41) is 0. The van der Waals surface area contributed by atoms with Crippen LogP contribution in [0.5, 0.6) is 0 Å². The van der Waals surface area contributed by atoms with E-state index in [4.69, 9.17) is 5.73 Å². The van der Waals surface area contributed by atoms with Gasteiger partial charge in [-0.25, -0.2) is 0 Å². The first-order chi connectivity index (χ1) is 7.51. The summed E-state index contributed by atoms with van der Waals surface area (Å²) in [6, 6.07) is 4.43. The number of rotatable bonds is 2. The van der Waals surface area contributed by atoms with Crippen molar-refractivity contribution in [1.82, 2.24) is 0 Å². The second-order valence-electron chi connectivity index (χ2n) is 5.65. The zero-order valence-corrected chi connectivity index (χ0v) is 11.4. The standard InChI is InChI=1S/C14H23NS/c1-10(2)12-6-8-14(15,9-7-12)13-5-4-11(3)16-13/h4-5,10,12H,6-9,15H2,1-3H3. The third-order valence-corrected chi connectivity index (χ3v) is 5.32. The van der Waals surface area contributed by atoms with Crippen LogP contribution in [0.4, 0.5) is 0 Å². The predicted octanol–water partition coefficient (Wildman–Crippen LogP) is 4.06. The lowest BCUT2D eigenvalue weighted by atomic mass is 9.73. The molecule has 1 fully saturated rings. The molecule has 1 aromatic rings. The SMILES string of the molecule is Cc1ccc(C2(N)CCC(C(C)C)CC2)s1. The van der Waals surface area contributed by atoms with Crippen molar-refractivity contribution in [3.8, 4) is 0 Å². The molecule has 1 nitrogen and oxygen atoms in total. The van der Waals surface area contributed by atoms with Crippen LogP contribution in [0.2, 0.25) is 0 Å². The maximum absolute atomic E-state index is 6.57. The first kappa shape index (κ1) is 12.1. The minimum absolute atomic E-state index is 0.0235. The van der Waals surface area contributed by atoms with Gasteiger partial charge in [-0.15, -0.1) is 11.3 Å². The molecular formula is C14H23NS. The summed E-state index contributed by atoms with van der Waals surface area (Å²) >= 11 is 1.88. The second kappa shape index (κ2) is 4.50. The van der Waals surface area contributed by atoms with Crippen LogP contribution in [0.1, 0.15) is 49.3 Å². The van der Waals surface area contributed by atoms with Crippen LogP contribution < -0.4 is 5.73 Å². The van der Waals surface area contributed by atoms with Crippen molar-refractivity contribution in [2.45, 2.75) is 52.0 Å². The van der Waals surface area contributed by atoms with E-state index >= 15 is 0 Å². The largest absolute Gasteiger partial charge is 0.321 e. The van der Waals surface area contributed by atoms with Crippen molar-refractivity contribution in [1.29, 1.82) is 0 Å². The Labute approximate surface area is 103 Å². The van der Waals surface area contributed by atoms with E-state index in [9.17, 15) is 0 Å². The Morgan fingerprint density at radius 3 is 2.38 bits per heavy atom. The van der Waals surface area contributed by atoms with E-state index in [2.05, 4.69) is 32.9 Å². The Kier molecular flexibility index (Phi) is 3.41. The van der Waals surface area contributed by atoms with E-state index in [1.54, 1.807) is 0 Å². The van der Waals surface area contributed by atoms with Crippen LogP contribution in [-0.4, -0.2) is 0 Å². The molecule has 0 saturated heterocycles. The lowest BCUT2D eigenvalue weighted by molar-refractivity contribution is 0.198. The molecule has 2 heteroatoms. The van der Waals surface area contributed by atoms with E-state index in [-0.39, 0.29) is 5.54 Å². The fraction of sp³-hybridized carbons (Fsp3) is 0.714. The third kappa shape index (κ3) is 2.33. The van der Waals surface area contributed by atoms with Gasteiger partial charge < -0.3 is 5.73 Å². The highest BCUT2D eigenvalue weighted by molar-refractivity contribution is 7.12. The number of thiophene rings is 1. The van der Waals surface area contributed by atoms with Gasteiger partial charge in [-0.2, -0.15) is 0 Å². The first-order valence-corrected chi connectivity index (χ1v) is 7.19. The van der Waals surface area contributed by atoms with Crippen molar-refractivity contribution in [2.24, 2.45) is 17.6 Å². The minimum atomic E-state index is -0.0235. The van der Waals surface area contributed by atoms with E-state index in [0.29, 0.717) is 0 Å². The maximum Gasteiger partial charge on any atom is 0.0504 e. The normalized spacial score (nSPS) is 30.9. The monoisotopic (exact) mass is 237 g/mol. The molecule has 16 heavy (non-hydrogen) atoms. The van der Waals surface area contributed by atoms with Crippen LogP contribution >= 0.6 is 11.3 Å². The van der Waals surface area contributed by atoms with Crippen LogP contribution in [0.15, 0.2) is 12.1 Å². The molecule has 0 atom stereocenters. The average Bonchev–Trinajstić information content (AvgIpc) is 2.66. The van der Waals surface area contributed by atoms with Gasteiger partial charge in [0.05, 0.1) is 5.54 Å². The molecule has 1 heterocycles. The fourth-order valence-electron chi connectivity index (χ4n) is 2.77. The van der Waals surface area contributed by atoms with E-state index in [1.807, 2.05) is 11.3 Å². The predicted molar refractivity (Wildman–Crippen MR) is 71.7 cm³/mol. The summed E-state index contributed by atoms with van der Waals surface area (Å²) in [7, 11) is 0. The second-order valence-corrected chi connectivity index (χ2v) is 6.94. The molecular weight excluding hydrogens is 214 g/mol. The van der Waals surface area contributed by atoms with E-state index in [1.165, 1.54) is 22.6 Å². The Morgan fingerprint density at radius 2 is 1.94 bits per heavy atom. The van der Waals surface area contributed by atoms with Crippen LogP contribution in [0.25, 0.3) is 0 Å². The fourth-order valence-corrected chi connectivity index (χ4v) is 3.80. The Morgan fingerprint density at radius 1 is 1.31 bits per heavy atom. The molecule has 0 bridgehead atoms. The van der Waals surface area contributed by atoms with Gasteiger partial charge in [-0.3, -0.25) is 0 Å². The van der Waals surface area contributed by atoms with Crippen molar-refractivity contribution in [2.75, 3.05) is 0 Å². The zero-order valence-electron chi connectivity index (χ0n) is 10.6. The lowest BCUT2D eigenvalue weighted by Gasteiger charge is -2.38. The first-order valence-electron chi connectivity index (χ1n) is 6.37. The molecule has 1 aliphatic carbocycles. The molecule has 0 radical (unpaired) electrons. The summed E-state index contributed by atoms with van der Waals surface area (Å²) in [6.07, 6.45) is 4.92. The number of aryl methyl sites for hydroxylation is 1. The van der Waals surface area contributed by atoms with Crippen LogP contribution in [-0.2, 0) is 5.54 Å². The van der Waals surface area contributed by atoms with Crippen LogP contribution in [0.3, 0.4) is 0 Å². The molecule has 0 aromatic carbocycles. The molecule has 1 aromatic heterocycles. The van der Waals surface area contributed by atoms with Gasteiger partial charge in [0.2, 0.25) is 0 Å². The number of hydrogen-bond acceptors (Lipinski definition) is 2. The Bertz CT molecular complexity index is 345. The molecule has 1 aliphatic rings. The van der Waals surface area contributed by atoms with Gasteiger partial charge in [0, 0.05) is 9.75 Å². The topological polar surface area (TPSA) is 26.0 Å². The maximum atomic E-state index is 6.57. The van der Waals surface area contributed by atoms with E-state index < -0.39 is 0 Å². The molecule has 0 spiro atoms. The zero-order chi connectivity index (χ0) is 11.8. The van der Waals surface area contributed by atoms with Gasteiger partial charge in [0.1, 0.15) is 0 Å². The summed E-state index contributed by atoms with van der Waals surface area (Å²) in [6.45, 7) is 6.84. The summed E-state index contributed by atoms with van der Waals surface area (Å²) in [4.78, 5) is 2.78. The molecule has 0 amide bonds. The van der Waals surface area contributed by atoms with Gasteiger partial charge >= 0.3 is 0 Å². The summed E-state index contributed by atoms with van der Waals surface area (Å²) in [5.74, 6) is 1.70. The molecule has 2 rings (SSSR count).